The summed E-state index contributed by atoms with van der Waals surface area (Å²) in [5.74, 6) is 0. The van der Waals surface area contributed by atoms with Crippen LogP contribution in [0, 0.1) is 0 Å². The Morgan fingerprint density at radius 2 is 0.967 bits per heavy atom. The predicted molar refractivity (Wildman–Crippen MR) is 384 cm³/mol. The molecular formula is C85H70BN3S. The quantitative estimate of drug-likeness (QED) is 0.140. The van der Waals surface area contributed by atoms with Crippen LogP contribution < -0.4 is 25.5 Å². The van der Waals surface area contributed by atoms with E-state index in [9.17, 15) is 0 Å². The Morgan fingerprint density at radius 3 is 1.58 bits per heavy atom. The highest BCUT2D eigenvalue weighted by atomic mass is 32.1. The Bertz CT molecular complexity index is 4930. The lowest BCUT2D eigenvalue weighted by Gasteiger charge is -2.53. The first-order valence-corrected chi connectivity index (χ1v) is 33.0. The summed E-state index contributed by atoms with van der Waals surface area (Å²) in [4.78, 5) is 7.96. The minimum Gasteiger partial charge on any atom is -0.376 e. The first-order chi connectivity index (χ1) is 43.8. The molecule has 0 amide bonds. The van der Waals surface area contributed by atoms with E-state index >= 15 is 0 Å². The van der Waals surface area contributed by atoms with Crippen molar-refractivity contribution in [3.05, 3.63) is 312 Å². The summed E-state index contributed by atoms with van der Waals surface area (Å²) < 4.78 is 2.61. The maximum absolute atomic E-state index is 2.77. The van der Waals surface area contributed by atoms with Crippen LogP contribution in [0.1, 0.15) is 100 Å². The lowest BCUT2D eigenvalue weighted by molar-refractivity contribution is 0.331. The van der Waals surface area contributed by atoms with Gasteiger partial charge in [-0.25, -0.2) is 0 Å². The van der Waals surface area contributed by atoms with Crippen LogP contribution in [0.3, 0.4) is 0 Å². The molecule has 4 heterocycles. The highest BCUT2D eigenvalue weighted by Gasteiger charge is 2.55. The lowest BCUT2D eigenvalue weighted by atomic mass is 9.42. The average molecular weight is 1180 g/mol. The molecule has 17 rings (SSSR count). The molecule has 0 atom stereocenters. The number of hydrogen-bond acceptors (Lipinski definition) is 4. The second-order valence-corrected chi connectivity index (χ2v) is 28.9. The molecule has 0 bridgehead atoms. The molecular weight excluding hydrogens is 1110 g/mol. The van der Waals surface area contributed by atoms with Crippen LogP contribution in [-0.4, -0.2) is 6.85 Å². The molecule has 0 spiro atoms. The molecule has 90 heavy (non-hydrogen) atoms. The van der Waals surface area contributed by atoms with Crippen molar-refractivity contribution in [2.24, 2.45) is 0 Å². The van der Waals surface area contributed by atoms with Crippen LogP contribution in [0.2, 0.25) is 0 Å². The molecule has 434 valence electrons. The topological polar surface area (TPSA) is 9.72 Å². The third-order valence-electron chi connectivity index (χ3n) is 20.7. The molecule has 1 aromatic heterocycles. The molecule has 12 aromatic carbocycles. The Labute approximate surface area is 534 Å². The van der Waals surface area contributed by atoms with E-state index in [2.05, 4.69) is 336 Å². The van der Waals surface area contributed by atoms with E-state index in [-0.39, 0.29) is 23.1 Å². The van der Waals surface area contributed by atoms with Gasteiger partial charge in [0.25, 0.3) is 0 Å². The molecule has 0 saturated heterocycles. The van der Waals surface area contributed by atoms with E-state index in [1.54, 1.807) is 0 Å². The number of nitrogens with zero attached hydrogens (tertiary/aromatic N) is 3. The molecule has 3 nitrogen and oxygen atoms in total. The van der Waals surface area contributed by atoms with Gasteiger partial charge in [-0.3, -0.25) is 0 Å². The van der Waals surface area contributed by atoms with Gasteiger partial charge in [-0.15, -0.1) is 11.3 Å². The predicted octanol–water partition coefficient (Wildman–Crippen LogP) is 21.9. The third-order valence-corrected chi connectivity index (χ3v) is 21.9. The largest absolute Gasteiger partial charge is 0.376 e. The summed E-state index contributed by atoms with van der Waals surface area (Å²) in [6.45, 7) is 16.6. The highest BCUT2D eigenvalue weighted by Crippen LogP contribution is 2.63. The van der Waals surface area contributed by atoms with Gasteiger partial charge in [0.1, 0.15) is 0 Å². The van der Waals surface area contributed by atoms with Crippen molar-refractivity contribution >= 4 is 94.8 Å². The Hall–Kier alpha value is -9.68. The first kappa shape index (κ1) is 54.5. The fourth-order valence-corrected chi connectivity index (χ4v) is 17.3. The molecule has 1 aliphatic carbocycles. The summed E-state index contributed by atoms with van der Waals surface area (Å²) in [6.07, 6.45) is 2.24. The fourth-order valence-electron chi connectivity index (χ4n) is 16.1. The highest BCUT2D eigenvalue weighted by molar-refractivity contribution is 7.26. The minimum atomic E-state index is -0.677. The van der Waals surface area contributed by atoms with Gasteiger partial charge in [-0.05, 0) is 174 Å². The van der Waals surface area contributed by atoms with E-state index in [1.807, 2.05) is 11.3 Å². The monoisotopic (exact) mass is 1180 g/mol. The van der Waals surface area contributed by atoms with Gasteiger partial charge < -0.3 is 14.6 Å². The standard InChI is InChI=1S/C85H70BN3S/c1-82(2,3)59-39-45-63(46-40-59)87(62-41-35-57(36-42-62)55-23-12-8-13-24-55)65-47-48-74-68(51-65)78-79-76(52-67-66-31-20-21-34-77(66)90-81(67)78)88-75-54-71-70(83(4,5)49-50-84(71,6)7)53-72(75)85(60-27-16-10-17-28-60,61-29-18-11-19-30-61)69-32-22-33-73(80(69)88)86(79)89(74)64-43-37-58(38-44-64)56-25-14-9-15-26-56/h8-48,51-54H,49-50H2,1-7H3. The smallest absolute Gasteiger partial charge is 0.333 e. The molecule has 0 N–H and O–H groups in total. The van der Waals surface area contributed by atoms with Crippen LogP contribution in [0.5, 0.6) is 0 Å². The SMILES string of the molecule is CC(C)(C)c1ccc(N(c2ccc(-c3ccccc3)cc2)c2ccc3c(c2)-c2c4c(cc5c2sc2ccccc25)N2c5cc6c(cc5C(c5ccccc5)(c5ccccc5)c5cccc(c52)B4N3c2ccc(-c3ccccc3)cc2)C(C)(C)CCC6(C)C)cc1. The fraction of sp³-hybridized carbons (Fsp3) is 0.153. The Morgan fingerprint density at radius 1 is 0.433 bits per heavy atom. The van der Waals surface area contributed by atoms with E-state index in [4.69, 9.17) is 0 Å². The zero-order valence-corrected chi connectivity index (χ0v) is 53.0. The van der Waals surface area contributed by atoms with Crippen molar-refractivity contribution < 1.29 is 0 Å². The van der Waals surface area contributed by atoms with Crippen molar-refractivity contribution in [1.29, 1.82) is 0 Å². The van der Waals surface area contributed by atoms with Crippen molar-refractivity contribution in [3.63, 3.8) is 0 Å². The molecule has 0 saturated carbocycles. The van der Waals surface area contributed by atoms with Crippen LogP contribution >= 0.6 is 11.3 Å². The lowest BCUT2D eigenvalue weighted by Crippen LogP contribution is -2.62. The van der Waals surface area contributed by atoms with E-state index in [0.717, 1.165) is 35.6 Å². The van der Waals surface area contributed by atoms with Gasteiger partial charge in [-0.1, -0.05) is 249 Å². The molecule has 0 radical (unpaired) electrons. The second kappa shape index (κ2) is 20.2. The van der Waals surface area contributed by atoms with Crippen LogP contribution in [-0.2, 0) is 21.7 Å². The summed E-state index contributed by atoms with van der Waals surface area (Å²) >= 11 is 1.95. The number of rotatable bonds is 8. The van der Waals surface area contributed by atoms with Crippen molar-refractivity contribution in [2.75, 3.05) is 14.6 Å². The summed E-state index contributed by atoms with van der Waals surface area (Å²) in [5.41, 5.74) is 28.0. The Balaban J connectivity index is 0.997. The molecule has 0 fully saturated rings. The molecule has 5 heteroatoms. The third kappa shape index (κ3) is 8.18. The number of hydrogen-bond donors (Lipinski definition) is 0. The van der Waals surface area contributed by atoms with Crippen LogP contribution in [0.4, 0.5) is 45.5 Å². The molecule has 3 aliphatic heterocycles. The normalized spacial score (nSPS) is 15.4. The van der Waals surface area contributed by atoms with Crippen molar-refractivity contribution in [1.82, 2.24) is 0 Å². The number of para-hydroxylation sites is 1. The zero-order valence-electron chi connectivity index (χ0n) is 52.2. The average Bonchev–Trinajstić information content (AvgIpc) is 0.863. The summed E-state index contributed by atoms with van der Waals surface area (Å²) in [6, 6.07) is 104. The maximum atomic E-state index is 2.77. The molecule has 0 unspecified atom stereocenters. The summed E-state index contributed by atoms with van der Waals surface area (Å²) in [7, 11) is 0. The molecule has 13 aromatic rings. The van der Waals surface area contributed by atoms with Gasteiger partial charge in [0, 0.05) is 71.1 Å². The van der Waals surface area contributed by atoms with Crippen molar-refractivity contribution in [2.45, 2.75) is 83.0 Å². The number of benzene rings is 12. The van der Waals surface area contributed by atoms with E-state index in [0.29, 0.717) is 0 Å². The number of thiophene rings is 1. The first-order valence-electron chi connectivity index (χ1n) is 32.1. The Kier molecular flexibility index (Phi) is 12.2. The van der Waals surface area contributed by atoms with Gasteiger partial charge in [0.15, 0.2) is 0 Å². The van der Waals surface area contributed by atoms with Crippen LogP contribution in [0.15, 0.2) is 273 Å². The van der Waals surface area contributed by atoms with Gasteiger partial charge in [0.05, 0.1) is 11.1 Å². The summed E-state index contributed by atoms with van der Waals surface area (Å²) in [5, 5.41) is 2.58. The van der Waals surface area contributed by atoms with Gasteiger partial charge in [0.2, 0.25) is 0 Å². The maximum Gasteiger partial charge on any atom is 0.333 e. The van der Waals surface area contributed by atoms with E-state index in [1.165, 1.54) is 126 Å². The number of fused-ring (bicyclic) bond motifs is 11. The van der Waals surface area contributed by atoms with Gasteiger partial charge >= 0.3 is 6.85 Å². The van der Waals surface area contributed by atoms with Crippen molar-refractivity contribution in [3.8, 4) is 33.4 Å². The molecule has 4 aliphatic rings. The van der Waals surface area contributed by atoms with Crippen LogP contribution in [0.25, 0.3) is 53.6 Å². The number of anilines is 8. The van der Waals surface area contributed by atoms with E-state index < -0.39 is 5.41 Å². The second-order valence-electron chi connectivity index (χ2n) is 27.8. The minimum absolute atomic E-state index is 0.00117. The zero-order chi connectivity index (χ0) is 60.8. The van der Waals surface area contributed by atoms with Gasteiger partial charge in [-0.2, -0.15) is 0 Å².